The zero-order valence-corrected chi connectivity index (χ0v) is 13.2. The number of carboxylic acid groups (broad SMARTS) is 1. The molecule has 0 aromatic carbocycles. The van der Waals surface area contributed by atoms with Crippen LogP contribution < -0.4 is 40.0 Å². The van der Waals surface area contributed by atoms with Gasteiger partial charge in [0, 0.05) is 19.1 Å². The molecule has 0 bridgehead atoms. The monoisotopic (exact) mass is 265 g/mol. The summed E-state index contributed by atoms with van der Waals surface area (Å²) in [7, 11) is 0. The smallest absolute Gasteiger partial charge is 0.550 e. The van der Waals surface area contributed by atoms with Gasteiger partial charge < -0.3 is 20.0 Å². The quantitative estimate of drug-likeness (QED) is 0.197. The predicted octanol–water partition coefficient (Wildman–Crippen LogP) is -2.99. The Morgan fingerprint density at radius 3 is 2.50 bits per heavy atom. The normalized spacial score (nSPS) is 10.1. The minimum absolute atomic E-state index is 0. The number of allylic oxidation sites excluding steroid dienone is 1. The van der Waals surface area contributed by atoms with Gasteiger partial charge in [-0.3, -0.25) is 4.79 Å². The number of ether oxygens (including phenoxy) is 1. The number of nitrogens with one attached hydrogen (secondary N) is 1. The van der Waals surface area contributed by atoms with Crippen molar-refractivity contribution in [1.29, 1.82) is 0 Å². The number of hydrogen-bond donors (Lipinski definition) is 1. The third-order valence-corrected chi connectivity index (χ3v) is 1.97. The molecule has 0 saturated carbocycles. The van der Waals surface area contributed by atoms with Crippen LogP contribution in [0.2, 0.25) is 0 Å². The molecule has 0 aromatic rings. The SMILES string of the molecule is CCCC=CCOC(=O)CCNCCC(=O)[O-].[Na+]. The van der Waals surface area contributed by atoms with Gasteiger partial charge in [-0.05, 0) is 12.8 Å². The summed E-state index contributed by atoms with van der Waals surface area (Å²) in [5, 5.41) is 12.9. The molecule has 5 nitrogen and oxygen atoms in total. The number of esters is 1. The molecule has 1 N–H and O–H groups in total. The maximum atomic E-state index is 11.1. The van der Waals surface area contributed by atoms with Crippen LogP contribution in [0.15, 0.2) is 12.2 Å². The standard InChI is InChI=1S/C12H21NO4.Na/c1-2-3-4-5-10-17-12(16)7-9-13-8-6-11(14)15;/h4-5,13H,2-3,6-10H2,1H3,(H,14,15);/q;+1/p-1. The van der Waals surface area contributed by atoms with E-state index in [1.165, 1.54) is 0 Å². The Labute approximate surface area is 130 Å². The van der Waals surface area contributed by atoms with Gasteiger partial charge in [0.1, 0.15) is 6.61 Å². The van der Waals surface area contributed by atoms with E-state index in [0.29, 0.717) is 19.7 Å². The number of rotatable bonds is 10. The molecule has 0 unspecified atom stereocenters. The summed E-state index contributed by atoms with van der Waals surface area (Å²) in [6.07, 6.45) is 6.06. The molecule has 18 heavy (non-hydrogen) atoms. The van der Waals surface area contributed by atoms with E-state index in [1.54, 1.807) is 0 Å². The van der Waals surface area contributed by atoms with Crippen LogP contribution in [0.4, 0.5) is 0 Å². The number of carboxylic acids is 1. The molecule has 0 aliphatic rings. The van der Waals surface area contributed by atoms with E-state index < -0.39 is 5.97 Å². The summed E-state index contributed by atoms with van der Waals surface area (Å²) in [6, 6.07) is 0. The van der Waals surface area contributed by atoms with Crippen molar-refractivity contribution >= 4 is 11.9 Å². The van der Waals surface area contributed by atoms with E-state index in [9.17, 15) is 14.7 Å². The molecule has 0 aromatic heterocycles. The summed E-state index contributed by atoms with van der Waals surface area (Å²) < 4.78 is 4.92. The number of carbonyl (C=O) groups excluding carboxylic acids is 2. The summed E-state index contributed by atoms with van der Waals surface area (Å²) in [5.74, 6) is -1.38. The van der Waals surface area contributed by atoms with Crippen molar-refractivity contribution in [2.24, 2.45) is 0 Å². The van der Waals surface area contributed by atoms with Crippen molar-refractivity contribution in [2.45, 2.75) is 32.6 Å². The van der Waals surface area contributed by atoms with Gasteiger partial charge in [0.15, 0.2) is 0 Å². The van der Waals surface area contributed by atoms with Crippen LogP contribution >= 0.6 is 0 Å². The Kier molecular flexibility index (Phi) is 16.3. The van der Waals surface area contributed by atoms with Crippen molar-refractivity contribution in [1.82, 2.24) is 5.32 Å². The first kappa shape index (κ1) is 20.0. The van der Waals surface area contributed by atoms with Gasteiger partial charge in [0.05, 0.1) is 6.42 Å². The Balaban J connectivity index is 0. The molecule has 0 saturated heterocycles. The van der Waals surface area contributed by atoms with E-state index in [-0.39, 0.29) is 48.4 Å². The maximum Gasteiger partial charge on any atom is 1.00 e. The first-order valence-electron chi connectivity index (χ1n) is 5.88. The van der Waals surface area contributed by atoms with Crippen LogP contribution in [-0.4, -0.2) is 31.6 Å². The third-order valence-electron chi connectivity index (χ3n) is 1.97. The summed E-state index contributed by atoms with van der Waals surface area (Å²) in [4.78, 5) is 21.2. The number of hydrogen-bond acceptors (Lipinski definition) is 5. The molecule has 0 aliphatic carbocycles. The van der Waals surface area contributed by atoms with Crippen molar-refractivity contribution in [2.75, 3.05) is 19.7 Å². The van der Waals surface area contributed by atoms with Gasteiger partial charge in [0.2, 0.25) is 0 Å². The molecular formula is C12H20NNaO4. The fraction of sp³-hybridized carbons (Fsp3) is 0.667. The largest absolute Gasteiger partial charge is 1.00 e. The second kappa shape index (κ2) is 14.7. The van der Waals surface area contributed by atoms with E-state index in [4.69, 9.17) is 4.74 Å². The molecule has 6 heteroatoms. The molecule has 98 valence electrons. The molecule has 0 rings (SSSR count). The zero-order chi connectivity index (χ0) is 12.9. The molecule has 0 heterocycles. The number of aliphatic carboxylic acids is 1. The van der Waals surface area contributed by atoms with Crippen LogP contribution in [0, 0.1) is 0 Å². The Hall–Kier alpha value is -0.360. The van der Waals surface area contributed by atoms with E-state index in [1.807, 2.05) is 12.2 Å². The van der Waals surface area contributed by atoms with Crippen LogP contribution in [0.3, 0.4) is 0 Å². The fourth-order valence-electron chi connectivity index (χ4n) is 1.07. The molecule has 0 amide bonds. The first-order valence-corrected chi connectivity index (χ1v) is 5.88. The molecule has 0 radical (unpaired) electrons. The average molecular weight is 265 g/mol. The van der Waals surface area contributed by atoms with Crippen molar-refractivity contribution in [3.8, 4) is 0 Å². The van der Waals surface area contributed by atoms with Gasteiger partial charge in [-0.15, -0.1) is 0 Å². The maximum absolute atomic E-state index is 11.1. The van der Waals surface area contributed by atoms with Gasteiger partial charge in [-0.25, -0.2) is 0 Å². The van der Waals surface area contributed by atoms with Gasteiger partial charge in [-0.2, -0.15) is 0 Å². The Morgan fingerprint density at radius 1 is 1.22 bits per heavy atom. The zero-order valence-electron chi connectivity index (χ0n) is 11.2. The van der Waals surface area contributed by atoms with Crippen LogP contribution in [0.25, 0.3) is 0 Å². The topological polar surface area (TPSA) is 78.5 Å². The fourth-order valence-corrected chi connectivity index (χ4v) is 1.07. The average Bonchev–Trinajstić information content (AvgIpc) is 2.28. The minimum atomic E-state index is -1.10. The predicted molar refractivity (Wildman–Crippen MR) is 62.1 cm³/mol. The molecule has 0 fully saturated rings. The van der Waals surface area contributed by atoms with E-state index in [2.05, 4.69) is 12.2 Å². The first-order chi connectivity index (χ1) is 8.16. The van der Waals surface area contributed by atoms with Crippen molar-refractivity contribution < 1.29 is 49.0 Å². The Morgan fingerprint density at radius 2 is 1.89 bits per heavy atom. The van der Waals surface area contributed by atoms with Crippen molar-refractivity contribution in [3.05, 3.63) is 12.2 Å². The summed E-state index contributed by atoms with van der Waals surface area (Å²) in [5.41, 5.74) is 0. The second-order valence-corrected chi connectivity index (χ2v) is 3.57. The van der Waals surface area contributed by atoms with Gasteiger partial charge >= 0.3 is 35.5 Å². The number of unbranched alkanes of at least 4 members (excludes halogenated alkanes) is 1. The van der Waals surface area contributed by atoms with Crippen LogP contribution in [-0.2, 0) is 14.3 Å². The van der Waals surface area contributed by atoms with E-state index in [0.717, 1.165) is 12.8 Å². The molecule has 0 aliphatic heterocycles. The van der Waals surface area contributed by atoms with Gasteiger partial charge in [0.25, 0.3) is 0 Å². The third kappa shape index (κ3) is 15.6. The number of carbonyl (C=O) groups is 2. The minimum Gasteiger partial charge on any atom is -0.550 e. The van der Waals surface area contributed by atoms with Crippen molar-refractivity contribution in [3.63, 3.8) is 0 Å². The second-order valence-electron chi connectivity index (χ2n) is 3.57. The molecule has 0 atom stereocenters. The van der Waals surface area contributed by atoms with Gasteiger partial charge in [-0.1, -0.05) is 25.5 Å². The molecular weight excluding hydrogens is 245 g/mol. The summed E-state index contributed by atoms with van der Waals surface area (Å²) >= 11 is 0. The van der Waals surface area contributed by atoms with E-state index >= 15 is 0 Å². The molecule has 0 spiro atoms. The Bertz CT molecular complexity index is 256. The summed E-state index contributed by atoms with van der Waals surface area (Å²) in [6.45, 7) is 3.11. The van der Waals surface area contributed by atoms with Crippen LogP contribution in [0.1, 0.15) is 32.6 Å². The van der Waals surface area contributed by atoms with Crippen LogP contribution in [0.5, 0.6) is 0 Å².